The summed E-state index contributed by atoms with van der Waals surface area (Å²) in [6, 6.07) is 10.7. The molecule has 2 aromatic carbocycles. The zero-order chi connectivity index (χ0) is 22.3. The predicted octanol–water partition coefficient (Wildman–Crippen LogP) is 5.25. The molecule has 0 aliphatic rings. The van der Waals surface area contributed by atoms with Crippen molar-refractivity contribution in [3.8, 4) is 0 Å². The highest BCUT2D eigenvalue weighted by Crippen LogP contribution is 2.23. The molecule has 0 radical (unpaired) electrons. The summed E-state index contributed by atoms with van der Waals surface area (Å²) in [5, 5.41) is 3.57. The number of carbonyl (C=O) groups excluding carboxylic acids is 2. The second kappa shape index (κ2) is 11.3. The van der Waals surface area contributed by atoms with Crippen LogP contribution in [0.15, 0.2) is 42.5 Å². The summed E-state index contributed by atoms with van der Waals surface area (Å²) < 4.78 is 14.3. The van der Waals surface area contributed by atoms with Crippen molar-refractivity contribution in [3.05, 3.63) is 69.5 Å². The van der Waals surface area contributed by atoms with Gasteiger partial charge in [-0.2, -0.15) is 0 Å². The van der Waals surface area contributed by atoms with E-state index in [1.807, 2.05) is 26.8 Å². The fraction of sp³-hybridized carbons (Fsp3) is 0.391. The lowest BCUT2D eigenvalue weighted by atomic mass is 10.1. The molecule has 162 valence electrons. The molecule has 30 heavy (non-hydrogen) atoms. The van der Waals surface area contributed by atoms with E-state index in [-0.39, 0.29) is 35.4 Å². The van der Waals surface area contributed by atoms with Crippen LogP contribution in [0.2, 0.25) is 10.0 Å². The summed E-state index contributed by atoms with van der Waals surface area (Å²) >= 11 is 12.4. The number of halogens is 3. The minimum absolute atomic E-state index is 0.116. The monoisotopic (exact) mass is 452 g/mol. The number of carbonyl (C=O) groups is 2. The van der Waals surface area contributed by atoms with Crippen molar-refractivity contribution >= 4 is 35.0 Å². The van der Waals surface area contributed by atoms with E-state index in [1.54, 1.807) is 18.2 Å². The third-order valence-corrected chi connectivity index (χ3v) is 5.48. The maximum Gasteiger partial charge on any atom is 0.242 e. The highest BCUT2D eigenvalue weighted by Gasteiger charge is 2.30. The number of hydrogen-bond acceptors (Lipinski definition) is 2. The van der Waals surface area contributed by atoms with Gasteiger partial charge in [-0.15, -0.1) is 0 Å². The molecule has 0 bridgehead atoms. The number of hydrogen-bond donors (Lipinski definition) is 1. The van der Waals surface area contributed by atoms with Gasteiger partial charge in [-0.1, -0.05) is 68.2 Å². The molecule has 0 saturated heterocycles. The van der Waals surface area contributed by atoms with Gasteiger partial charge in [-0.05, 0) is 36.1 Å². The molecule has 0 spiro atoms. The average Bonchev–Trinajstić information content (AvgIpc) is 2.70. The molecule has 0 aliphatic heterocycles. The smallest absolute Gasteiger partial charge is 0.242 e. The van der Waals surface area contributed by atoms with Gasteiger partial charge in [0.15, 0.2) is 0 Å². The SMILES string of the molecule is CC[C@@H](C(=O)NCC(C)C)N(Cc1ccccc1Cl)C(=O)Cc1c(F)cccc1Cl. The number of nitrogens with zero attached hydrogens (tertiary/aromatic N) is 1. The highest BCUT2D eigenvalue weighted by molar-refractivity contribution is 6.31. The Labute approximate surface area is 187 Å². The first-order valence-corrected chi connectivity index (χ1v) is 10.7. The lowest BCUT2D eigenvalue weighted by molar-refractivity contribution is -0.141. The molecule has 7 heteroatoms. The Morgan fingerprint density at radius 3 is 2.33 bits per heavy atom. The van der Waals surface area contributed by atoms with Gasteiger partial charge in [0.2, 0.25) is 11.8 Å². The van der Waals surface area contributed by atoms with E-state index < -0.39 is 17.8 Å². The molecule has 1 N–H and O–H groups in total. The number of benzene rings is 2. The molecule has 1 atom stereocenters. The molecule has 2 amide bonds. The Balaban J connectivity index is 2.35. The second-order valence-corrected chi connectivity index (χ2v) is 8.37. The van der Waals surface area contributed by atoms with Gasteiger partial charge in [0.05, 0.1) is 6.42 Å². The first-order valence-electron chi connectivity index (χ1n) is 9.98. The molecule has 4 nitrogen and oxygen atoms in total. The predicted molar refractivity (Wildman–Crippen MR) is 119 cm³/mol. The van der Waals surface area contributed by atoms with Crippen molar-refractivity contribution in [2.24, 2.45) is 5.92 Å². The van der Waals surface area contributed by atoms with Crippen molar-refractivity contribution in [2.45, 2.75) is 46.2 Å². The third kappa shape index (κ3) is 6.44. The Kier molecular flexibility index (Phi) is 9.12. The van der Waals surface area contributed by atoms with E-state index in [1.165, 1.54) is 23.1 Å². The average molecular weight is 453 g/mol. The van der Waals surface area contributed by atoms with Gasteiger partial charge in [-0.3, -0.25) is 9.59 Å². The van der Waals surface area contributed by atoms with Gasteiger partial charge in [0.1, 0.15) is 11.9 Å². The molecule has 0 unspecified atom stereocenters. The van der Waals surface area contributed by atoms with Crippen LogP contribution in [-0.2, 0) is 22.6 Å². The lowest BCUT2D eigenvalue weighted by Gasteiger charge is -2.31. The van der Waals surface area contributed by atoms with E-state index in [0.29, 0.717) is 23.6 Å². The van der Waals surface area contributed by atoms with Gasteiger partial charge in [0, 0.05) is 28.7 Å². The summed E-state index contributed by atoms with van der Waals surface area (Å²) in [7, 11) is 0. The molecule has 0 heterocycles. The van der Waals surface area contributed by atoms with Crippen molar-refractivity contribution in [3.63, 3.8) is 0 Å². The van der Waals surface area contributed by atoms with Gasteiger partial charge in [0.25, 0.3) is 0 Å². The number of rotatable bonds is 9. The first kappa shape index (κ1) is 24.2. The maximum absolute atomic E-state index is 14.3. The minimum Gasteiger partial charge on any atom is -0.354 e. The molecular formula is C23H27Cl2FN2O2. The summed E-state index contributed by atoms with van der Waals surface area (Å²) in [4.78, 5) is 27.6. The van der Waals surface area contributed by atoms with Crippen molar-refractivity contribution < 1.29 is 14.0 Å². The molecule has 0 aliphatic carbocycles. The highest BCUT2D eigenvalue weighted by atomic mass is 35.5. The number of nitrogens with one attached hydrogen (secondary N) is 1. The molecule has 2 aromatic rings. The first-order chi connectivity index (χ1) is 14.2. The van der Waals surface area contributed by atoms with Crippen molar-refractivity contribution in [1.82, 2.24) is 10.2 Å². The zero-order valence-corrected chi connectivity index (χ0v) is 18.9. The van der Waals surface area contributed by atoms with E-state index in [2.05, 4.69) is 5.32 Å². The largest absolute Gasteiger partial charge is 0.354 e. The van der Waals surface area contributed by atoms with E-state index >= 15 is 0 Å². The topological polar surface area (TPSA) is 49.4 Å². The summed E-state index contributed by atoms with van der Waals surface area (Å²) in [5.41, 5.74) is 0.827. The van der Waals surface area contributed by atoms with Gasteiger partial charge in [-0.25, -0.2) is 4.39 Å². The van der Waals surface area contributed by atoms with Crippen LogP contribution in [0.25, 0.3) is 0 Å². The van der Waals surface area contributed by atoms with E-state index in [0.717, 1.165) is 0 Å². The van der Waals surface area contributed by atoms with Crippen LogP contribution in [0, 0.1) is 11.7 Å². The second-order valence-electron chi connectivity index (χ2n) is 7.55. The van der Waals surface area contributed by atoms with Gasteiger partial charge < -0.3 is 10.2 Å². The van der Waals surface area contributed by atoms with Crippen LogP contribution in [0.4, 0.5) is 4.39 Å². The van der Waals surface area contributed by atoms with Crippen LogP contribution in [0.3, 0.4) is 0 Å². The van der Waals surface area contributed by atoms with Crippen LogP contribution in [0.5, 0.6) is 0 Å². The summed E-state index contributed by atoms with van der Waals surface area (Å²) in [6.07, 6.45) is 0.162. The van der Waals surface area contributed by atoms with Crippen LogP contribution < -0.4 is 5.32 Å². The summed E-state index contributed by atoms with van der Waals surface area (Å²) in [6.45, 7) is 6.46. The Hall–Kier alpha value is -2.11. The fourth-order valence-electron chi connectivity index (χ4n) is 3.11. The lowest BCUT2D eigenvalue weighted by Crippen LogP contribution is -2.50. The third-order valence-electron chi connectivity index (χ3n) is 4.76. The summed E-state index contributed by atoms with van der Waals surface area (Å²) in [5.74, 6) is -0.915. The van der Waals surface area contributed by atoms with Crippen molar-refractivity contribution in [1.29, 1.82) is 0 Å². The molecule has 2 rings (SSSR count). The quantitative estimate of drug-likeness (QED) is 0.564. The van der Waals surface area contributed by atoms with Gasteiger partial charge >= 0.3 is 0 Å². The standard InChI is InChI=1S/C23H27Cl2FN2O2/c1-4-21(23(30)27-13-15(2)3)28(14-16-8-5-6-9-18(16)24)22(29)12-17-19(25)10-7-11-20(17)26/h5-11,15,21H,4,12-14H2,1-3H3,(H,27,30)/t21-/m0/s1. The fourth-order valence-corrected chi connectivity index (χ4v) is 3.53. The number of amides is 2. The molecule has 0 aromatic heterocycles. The Morgan fingerprint density at radius 1 is 1.07 bits per heavy atom. The Bertz CT molecular complexity index is 869. The molecular weight excluding hydrogens is 426 g/mol. The Morgan fingerprint density at radius 2 is 1.73 bits per heavy atom. The van der Waals surface area contributed by atoms with Crippen LogP contribution in [0.1, 0.15) is 38.3 Å². The molecule has 0 fully saturated rings. The van der Waals surface area contributed by atoms with E-state index in [4.69, 9.17) is 23.2 Å². The normalized spacial score (nSPS) is 12.0. The van der Waals surface area contributed by atoms with E-state index in [9.17, 15) is 14.0 Å². The zero-order valence-electron chi connectivity index (χ0n) is 17.4. The van der Waals surface area contributed by atoms with Crippen LogP contribution >= 0.6 is 23.2 Å². The van der Waals surface area contributed by atoms with Crippen molar-refractivity contribution in [2.75, 3.05) is 6.54 Å². The minimum atomic E-state index is -0.710. The maximum atomic E-state index is 14.3. The van der Waals surface area contributed by atoms with Crippen LogP contribution in [-0.4, -0.2) is 29.3 Å². The molecule has 0 saturated carbocycles.